The first kappa shape index (κ1) is 12.4. The molecule has 4 heteroatoms. The lowest BCUT2D eigenvalue weighted by molar-refractivity contribution is 0.232. The first-order valence-electron chi connectivity index (χ1n) is 6.93. The number of hydrogen-bond acceptors (Lipinski definition) is 4. The highest BCUT2D eigenvalue weighted by atomic mass is 16.5. The van der Waals surface area contributed by atoms with E-state index in [4.69, 9.17) is 4.74 Å². The van der Waals surface area contributed by atoms with Crippen LogP contribution in [0.1, 0.15) is 25.0 Å². The van der Waals surface area contributed by atoms with Gasteiger partial charge in [0.15, 0.2) is 0 Å². The average Bonchev–Trinajstić information content (AvgIpc) is 2.48. The molecule has 1 fully saturated rings. The zero-order valence-corrected chi connectivity index (χ0v) is 11.2. The Morgan fingerprint density at radius 3 is 2.84 bits per heavy atom. The van der Waals surface area contributed by atoms with Crippen LogP contribution in [0.15, 0.2) is 24.3 Å². The van der Waals surface area contributed by atoms with Gasteiger partial charge in [0, 0.05) is 16.8 Å². The Morgan fingerprint density at radius 1 is 1.21 bits per heavy atom. The van der Waals surface area contributed by atoms with Crippen molar-refractivity contribution in [2.24, 2.45) is 0 Å². The molecule has 2 heterocycles. The maximum absolute atomic E-state index is 5.88. The van der Waals surface area contributed by atoms with Crippen molar-refractivity contribution in [3.05, 3.63) is 30.0 Å². The van der Waals surface area contributed by atoms with Gasteiger partial charge in [-0.05, 0) is 32.4 Å². The smallest absolute Gasteiger partial charge is 0.241 e. The van der Waals surface area contributed by atoms with Gasteiger partial charge in [-0.2, -0.15) is 5.10 Å². The largest absolute Gasteiger partial charge is 0.475 e. The highest BCUT2D eigenvalue weighted by molar-refractivity contribution is 5.88. The molecule has 3 rings (SSSR count). The second-order valence-corrected chi connectivity index (χ2v) is 5.09. The van der Waals surface area contributed by atoms with Gasteiger partial charge in [-0.15, -0.1) is 5.10 Å². The Kier molecular flexibility index (Phi) is 3.60. The van der Waals surface area contributed by atoms with Crippen molar-refractivity contribution >= 4 is 10.8 Å². The summed E-state index contributed by atoms with van der Waals surface area (Å²) < 4.78 is 5.88. The molecule has 0 saturated carbocycles. The summed E-state index contributed by atoms with van der Waals surface area (Å²) in [6.45, 7) is 3.73. The summed E-state index contributed by atoms with van der Waals surface area (Å²) in [7, 11) is 0. The van der Waals surface area contributed by atoms with Crippen molar-refractivity contribution in [1.29, 1.82) is 0 Å². The number of piperidine rings is 1. The van der Waals surface area contributed by atoms with Crippen LogP contribution in [0.25, 0.3) is 10.8 Å². The second kappa shape index (κ2) is 5.53. The van der Waals surface area contributed by atoms with Gasteiger partial charge in [0.2, 0.25) is 5.88 Å². The monoisotopic (exact) mass is 257 g/mol. The number of aryl methyl sites for hydroxylation is 1. The number of rotatable bonds is 3. The van der Waals surface area contributed by atoms with Crippen LogP contribution in [0.5, 0.6) is 5.88 Å². The summed E-state index contributed by atoms with van der Waals surface area (Å²) in [5, 5.41) is 14.0. The fraction of sp³-hybridized carbons (Fsp3) is 0.467. The predicted molar refractivity (Wildman–Crippen MR) is 75.4 cm³/mol. The molecule has 4 nitrogen and oxygen atoms in total. The van der Waals surface area contributed by atoms with Crippen molar-refractivity contribution in [3.8, 4) is 5.88 Å². The van der Waals surface area contributed by atoms with Crippen molar-refractivity contribution in [2.45, 2.75) is 32.2 Å². The summed E-state index contributed by atoms with van der Waals surface area (Å²) >= 11 is 0. The fourth-order valence-corrected chi connectivity index (χ4v) is 2.57. The number of aromatic nitrogens is 2. The lowest BCUT2D eigenvalue weighted by Crippen LogP contribution is -2.38. The zero-order chi connectivity index (χ0) is 13.1. The number of benzene rings is 1. The number of nitrogens with one attached hydrogen (secondary N) is 1. The third kappa shape index (κ3) is 2.68. The highest BCUT2D eigenvalue weighted by Gasteiger charge is 2.14. The van der Waals surface area contributed by atoms with Crippen LogP contribution in [-0.4, -0.2) is 29.4 Å². The van der Waals surface area contributed by atoms with E-state index in [9.17, 15) is 0 Å². The van der Waals surface area contributed by atoms with Gasteiger partial charge in [0.05, 0.1) is 5.69 Å². The van der Waals surface area contributed by atoms with Gasteiger partial charge in [-0.1, -0.05) is 24.6 Å². The topological polar surface area (TPSA) is 47.0 Å². The number of ether oxygens (including phenoxy) is 1. The van der Waals surface area contributed by atoms with E-state index in [1.807, 2.05) is 25.1 Å². The molecule has 2 aromatic rings. The molecule has 0 bridgehead atoms. The molecule has 1 aromatic heterocycles. The van der Waals surface area contributed by atoms with Gasteiger partial charge in [0.25, 0.3) is 0 Å². The van der Waals surface area contributed by atoms with Gasteiger partial charge in [-0.3, -0.25) is 0 Å². The molecule has 0 amide bonds. The lowest BCUT2D eigenvalue weighted by atomic mass is 10.1. The summed E-state index contributed by atoms with van der Waals surface area (Å²) in [5.74, 6) is 0.647. The maximum atomic E-state index is 5.88. The fourth-order valence-electron chi connectivity index (χ4n) is 2.57. The molecular weight excluding hydrogens is 238 g/mol. The molecule has 1 unspecified atom stereocenters. The molecule has 100 valence electrons. The van der Waals surface area contributed by atoms with E-state index in [0.717, 1.165) is 23.0 Å². The summed E-state index contributed by atoms with van der Waals surface area (Å²) in [6.07, 6.45) is 3.72. The van der Waals surface area contributed by atoms with Crippen LogP contribution in [0.2, 0.25) is 0 Å². The van der Waals surface area contributed by atoms with Crippen molar-refractivity contribution < 1.29 is 4.74 Å². The maximum Gasteiger partial charge on any atom is 0.241 e. The summed E-state index contributed by atoms with van der Waals surface area (Å²) in [6, 6.07) is 8.57. The Labute approximate surface area is 113 Å². The average molecular weight is 257 g/mol. The van der Waals surface area contributed by atoms with Crippen molar-refractivity contribution in [1.82, 2.24) is 15.5 Å². The Balaban J connectivity index is 1.79. The van der Waals surface area contributed by atoms with E-state index in [2.05, 4.69) is 21.6 Å². The Bertz CT molecular complexity index is 564. The molecule has 0 aliphatic carbocycles. The minimum atomic E-state index is 0.440. The van der Waals surface area contributed by atoms with E-state index in [1.165, 1.54) is 19.3 Å². The van der Waals surface area contributed by atoms with Gasteiger partial charge in [-0.25, -0.2) is 0 Å². The summed E-state index contributed by atoms with van der Waals surface area (Å²) in [5.41, 5.74) is 0.943. The Morgan fingerprint density at radius 2 is 2.05 bits per heavy atom. The van der Waals surface area contributed by atoms with E-state index in [-0.39, 0.29) is 0 Å². The Hall–Kier alpha value is -1.68. The van der Waals surface area contributed by atoms with Crippen molar-refractivity contribution in [3.63, 3.8) is 0 Å². The van der Waals surface area contributed by atoms with Crippen LogP contribution in [-0.2, 0) is 0 Å². The third-order valence-corrected chi connectivity index (χ3v) is 3.67. The zero-order valence-electron chi connectivity index (χ0n) is 11.2. The number of nitrogens with zero attached hydrogens (tertiary/aromatic N) is 2. The SMILES string of the molecule is Cc1nnc(OCC2CCCCN2)c2ccccc12. The van der Waals surface area contributed by atoms with E-state index in [1.54, 1.807) is 0 Å². The van der Waals surface area contributed by atoms with Gasteiger partial charge < -0.3 is 10.1 Å². The summed E-state index contributed by atoms with van der Waals surface area (Å²) in [4.78, 5) is 0. The number of hydrogen-bond donors (Lipinski definition) is 1. The molecule has 1 aliphatic rings. The molecule has 1 atom stereocenters. The number of fused-ring (bicyclic) bond motifs is 1. The lowest BCUT2D eigenvalue weighted by Gasteiger charge is -2.23. The van der Waals surface area contributed by atoms with Crippen LogP contribution in [0.4, 0.5) is 0 Å². The molecule has 0 radical (unpaired) electrons. The van der Waals surface area contributed by atoms with Crippen LogP contribution >= 0.6 is 0 Å². The van der Waals surface area contributed by atoms with Crippen LogP contribution < -0.4 is 10.1 Å². The standard InChI is InChI=1S/C15H19N3O/c1-11-13-7-2-3-8-14(13)15(18-17-11)19-10-12-6-4-5-9-16-12/h2-3,7-8,12,16H,4-6,9-10H2,1H3. The first-order chi connectivity index (χ1) is 9.34. The molecule has 1 aromatic carbocycles. The highest BCUT2D eigenvalue weighted by Crippen LogP contribution is 2.24. The molecule has 1 saturated heterocycles. The molecule has 1 N–H and O–H groups in total. The van der Waals surface area contributed by atoms with E-state index >= 15 is 0 Å². The van der Waals surface area contributed by atoms with E-state index in [0.29, 0.717) is 18.5 Å². The molecular formula is C15H19N3O. The molecule has 1 aliphatic heterocycles. The molecule has 0 spiro atoms. The molecule has 19 heavy (non-hydrogen) atoms. The minimum absolute atomic E-state index is 0.440. The third-order valence-electron chi connectivity index (χ3n) is 3.67. The normalized spacial score (nSPS) is 19.5. The van der Waals surface area contributed by atoms with Crippen molar-refractivity contribution in [2.75, 3.05) is 13.2 Å². The van der Waals surface area contributed by atoms with Gasteiger partial charge >= 0.3 is 0 Å². The predicted octanol–water partition coefficient (Wildman–Crippen LogP) is 2.46. The quantitative estimate of drug-likeness (QED) is 0.917. The first-order valence-corrected chi connectivity index (χ1v) is 6.93. The van der Waals surface area contributed by atoms with E-state index < -0.39 is 0 Å². The van der Waals surface area contributed by atoms with Crippen LogP contribution in [0, 0.1) is 6.92 Å². The van der Waals surface area contributed by atoms with Crippen LogP contribution in [0.3, 0.4) is 0 Å². The minimum Gasteiger partial charge on any atom is -0.475 e. The van der Waals surface area contributed by atoms with Gasteiger partial charge in [0.1, 0.15) is 6.61 Å². The second-order valence-electron chi connectivity index (χ2n) is 5.09.